The maximum Gasteiger partial charge on any atom is 0.335 e. The summed E-state index contributed by atoms with van der Waals surface area (Å²) in [5.41, 5.74) is 0.235. The molecule has 1 fully saturated rings. The third-order valence-electron chi connectivity index (χ3n) is 3.45. The number of barbiturate groups is 1. The molecule has 8 heteroatoms. The average Bonchev–Trinajstić information content (AvgIpc) is 2.47. The number of imide groups is 2. The molecule has 1 atom stereocenters. The van der Waals surface area contributed by atoms with E-state index in [2.05, 4.69) is 10.3 Å². The molecule has 0 saturated carbocycles. The SMILES string of the molecule is C[N+](C)(C)CCN=CC1C(=O)NC(=O)N(c2ccccc2Cl)C1=O. The highest BCUT2D eigenvalue weighted by atomic mass is 35.5. The number of carbonyl (C=O) groups is 3. The second-order valence-corrected chi connectivity index (χ2v) is 6.87. The summed E-state index contributed by atoms with van der Waals surface area (Å²) in [5, 5.41) is 2.41. The van der Waals surface area contributed by atoms with Crippen LogP contribution >= 0.6 is 11.6 Å². The van der Waals surface area contributed by atoms with Crippen LogP contribution in [0.3, 0.4) is 0 Å². The van der Waals surface area contributed by atoms with Crippen LogP contribution in [0.4, 0.5) is 10.5 Å². The van der Waals surface area contributed by atoms with Gasteiger partial charge in [-0.05, 0) is 12.1 Å². The van der Waals surface area contributed by atoms with Crippen LogP contribution in [0, 0.1) is 5.92 Å². The minimum Gasteiger partial charge on any atom is -0.329 e. The van der Waals surface area contributed by atoms with Gasteiger partial charge in [-0.3, -0.25) is 19.9 Å². The van der Waals surface area contributed by atoms with Crippen LogP contribution in [0.1, 0.15) is 0 Å². The number of benzene rings is 1. The first kappa shape index (κ1) is 18.1. The summed E-state index contributed by atoms with van der Waals surface area (Å²) in [7, 11) is 6.06. The van der Waals surface area contributed by atoms with Crippen molar-refractivity contribution in [3.8, 4) is 0 Å². The highest BCUT2D eigenvalue weighted by Gasteiger charge is 2.41. The Morgan fingerprint density at radius 2 is 1.92 bits per heavy atom. The van der Waals surface area contributed by atoms with Gasteiger partial charge in [0.2, 0.25) is 5.91 Å². The van der Waals surface area contributed by atoms with Gasteiger partial charge >= 0.3 is 6.03 Å². The minimum absolute atomic E-state index is 0.235. The maximum absolute atomic E-state index is 12.6. The zero-order valence-corrected chi connectivity index (χ0v) is 14.6. The van der Waals surface area contributed by atoms with Crippen molar-refractivity contribution in [3.05, 3.63) is 29.3 Å². The number of urea groups is 1. The zero-order chi connectivity index (χ0) is 17.9. The normalized spacial score (nSPS) is 19.1. The maximum atomic E-state index is 12.6. The Labute approximate surface area is 145 Å². The standard InChI is InChI=1S/C16H19ClN4O3/c1-21(2,3)9-8-18-10-11-14(22)19-16(24)20(15(11)23)13-7-5-4-6-12(13)17/h4-7,10-11H,8-9H2,1-3H3/p+1. The molecule has 2 rings (SSSR count). The van der Waals surface area contributed by atoms with E-state index in [9.17, 15) is 14.4 Å². The number of hydrogen-bond donors (Lipinski definition) is 1. The summed E-state index contributed by atoms with van der Waals surface area (Å²) in [6, 6.07) is 5.64. The van der Waals surface area contributed by atoms with Crippen molar-refractivity contribution >= 4 is 41.3 Å². The molecule has 0 radical (unpaired) electrons. The number of nitrogens with one attached hydrogen (secondary N) is 1. The van der Waals surface area contributed by atoms with Crippen LogP contribution in [-0.2, 0) is 9.59 Å². The molecule has 1 N–H and O–H groups in total. The number of hydrogen-bond acceptors (Lipinski definition) is 4. The lowest BCUT2D eigenvalue weighted by molar-refractivity contribution is -0.868. The number of halogens is 1. The van der Waals surface area contributed by atoms with Crippen molar-refractivity contribution in [2.24, 2.45) is 10.9 Å². The molecule has 1 aliphatic heterocycles. The molecule has 0 aromatic heterocycles. The van der Waals surface area contributed by atoms with Crippen molar-refractivity contribution in [3.63, 3.8) is 0 Å². The summed E-state index contributed by atoms with van der Waals surface area (Å²) in [5.74, 6) is -2.49. The first-order valence-electron chi connectivity index (χ1n) is 7.44. The lowest BCUT2D eigenvalue weighted by Gasteiger charge is -2.29. The van der Waals surface area contributed by atoms with Crippen molar-refractivity contribution in [2.75, 3.05) is 39.1 Å². The number of rotatable bonds is 5. The highest BCUT2D eigenvalue weighted by molar-refractivity contribution is 6.38. The Bertz CT molecular complexity index is 697. The number of likely N-dealkylation sites (N-methyl/N-ethyl adjacent to an activating group) is 1. The Morgan fingerprint density at radius 3 is 2.54 bits per heavy atom. The van der Waals surface area contributed by atoms with Gasteiger partial charge in [-0.25, -0.2) is 9.69 Å². The quantitative estimate of drug-likeness (QED) is 0.493. The van der Waals surface area contributed by atoms with E-state index in [0.29, 0.717) is 11.0 Å². The van der Waals surface area contributed by atoms with E-state index in [0.717, 1.165) is 11.4 Å². The monoisotopic (exact) mass is 351 g/mol. The smallest absolute Gasteiger partial charge is 0.329 e. The molecule has 4 amide bonds. The molecule has 1 aliphatic rings. The van der Waals surface area contributed by atoms with Crippen LogP contribution in [0.15, 0.2) is 29.3 Å². The van der Waals surface area contributed by atoms with E-state index >= 15 is 0 Å². The van der Waals surface area contributed by atoms with E-state index in [1.165, 1.54) is 6.21 Å². The molecule has 128 valence electrons. The third kappa shape index (κ3) is 4.18. The molecule has 0 aliphatic carbocycles. The number of amides is 4. The Kier molecular flexibility index (Phi) is 5.36. The van der Waals surface area contributed by atoms with Crippen molar-refractivity contribution in [1.82, 2.24) is 5.32 Å². The lowest BCUT2D eigenvalue weighted by Crippen LogP contribution is -2.58. The van der Waals surface area contributed by atoms with E-state index in [4.69, 9.17) is 11.6 Å². The van der Waals surface area contributed by atoms with Gasteiger partial charge in [0.05, 0.1) is 44.9 Å². The van der Waals surface area contributed by atoms with Crippen LogP contribution in [0.25, 0.3) is 0 Å². The predicted octanol–water partition coefficient (Wildman–Crippen LogP) is 1.32. The number of para-hydroxylation sites is 1. The first-order chi connectivity index (χ1) is 11.2. The van der Waals surface area contributed by atoms with Crippen molar-refractivity contribution in [2.45, 2.75) is 0 Å². The van der Waals surface area contributed by atoms with Gasteiger partial charge < -0.3 is 4.48 Å². The number of carbonyl (C=O) groups excluding carboxylic acids is 3. The van der Waals surface area contributed by atoms with Crippen molar-refractivity contribution < 1.29 is 18.9 Å². The van der Waals surface area contributed by atoms with Crippen LogP contribution in [0.2, 0.25) is 5.02 Å². The third-order valence-corrected chi connectivity index (χ3v) is 3.77. The van der Waals surface area contributed by atoms with Gasteiger partial charge in [-0.15, -0.1) is 0 Å². The fraction of sp³-hybridized carbons (Fsp3) is 0.375. The van der Waals surface area contributed by atoms with Crippen LogP contribution in [-0.4, -0.2) is 62.8 Å². The first-order valence-corrected chi connectivity index (χ1v) is 7.82. The largest absolute Gasteiger partial charge is 0.335 e. The Hall–Kier alpha value is -2.25. The number of quaternary nitrogens is 1. The summed E-state index contributed by atoms with van der Waals surface area (Å²) in [4.78, 5) is 41.6. The van der Waals surface area contributed by atoms with E-state index in [-0.39, 0.29) is 10.7 Å². The van der Waals surface area contributed by atoms with Gasteiger partial charge in [0.1, 0.15) is 0 Å². The second kappa shape index (κ2) is 7.11. The van der Waals surface area contributed by atoms with E-state index in [1.807, 2.05) is 21.1 Å². The topological polar surface area (TPSA) is 78.8 Å². The average molecular weight is 352 g/mol. The number of nitrogens with zero attached hydrogens (tertiary/aromatic N) is 3. The summed E-state index contributed by atoms with van der Waals surface area (Å²) in [6.07, 6.45) is 1.30. The molecule has 24 heavy (non-hydrogen) atoms. The molecule has 1 aromatic carbocycles. The summed E-state index contributed by atoms with van der Waals surface area (Å²) < 4.78 is 0.715. The summed E-state index contributed by atoms with van der Waals surface area (Å²) in [6.45, 7) is 1.23. The molecule has 1 aromatic rings. The molecule has 0 spiro atoms. The van der Waals surface area contributed by atoms with Crippen LogP contribution < -0.4 is 10.2 Å². The Balaban J connectivity index is 2.20. The Morgan fingerprint density at radius 1 is 1.25 bits per heavy atom. The number of anilines is 1. The molecule has 1 heterocycles. The minimum atomic E-state index is -1.15. The van der Waals surface area contributed by atoms with E-state index in [1.54, 1.807) is 24.3 Å². The lowest BCUT2D eigenvalue weighted by atomic mass is 10.1. The summed E-state index contributed by atoms with van der Waals surface area (Å²) >= 11 is 6.05. The van der Waals surface area contributed by atoms with Gasteiger partial charge in [-0.2, -0.15) is 0 Å². The van der Waals surface area contributed by atoms with Crippen molar-refractivity contribution in [1.29, 1.82) is 0 Å². The van der Waals surface area contributed by atoms with E-state index < -0.39 is 23.8 Å². The van der Waals surface area contributed by atoms with Gasteiger partial charge in [0.25, 0.3) is 5.91 Å². The zero-order valence-electron chi connectivity index (χ0n) is 13.8. The number of aliphatic imine (C=N–C) groups is 1. The molecule has 7 nitrogen and oxygen atoms in total. The van der Waals surface area contributed by atoms with Crippen LogP contribution in [0.5, 0.6) is 0 Å². The molecule has 0 bridgehead atoms. The fourth-order valence-corrected chi connectivity index (χ4v) is 2.34. The second-order valence-electron chi connectivity index (χ2n) is 6.47. The molecular weight excluding hydrogens is 332 g/mol. The predicted molar refractivity (Wildman–Crippen MR) is 92.2 cm³/mol. The highest BCUT2D eigenvalue weighted by Crippen LogP contribution is 2.28. The molecule has 1 unspecified atom stereocenters. The van der Waals surface area contributed by atoms with Gasteiger partial charge in [0.15, 0.2) is 5.92 Å². The molecule has 1 saturated heterocycles. The fourth-order valence-electron chi connectivity index (χ4n) is 2.12. The van der Waals surface area contributed by atoms with Gasteiger partial charge in [-0.1, -0.05) is 23.7 Å². The van der Waals surface area contributed by atoms with Gasteiger partial charge in [0, 0.05) is 6.21 Å². The molecular formula is C16H20ClN4O3+.